The van der Waals surface area contributed by atoms with Crippen molar-refractivity contribution >= 4 is 23.7 Å². The summed E-state index contributed by atoms with van der Waals surface area (Å²) in [6.07, 6.45) is -4.00. The maximum atomic E-state index is 12.7. The van der Waals surface area contributed by atoms with Crippen LogP contribution >= 0.6 is 0 Å². The van der Waals surface area contributed by atoms with Crippen molar-refractivity contribution in [1.82, 2.24) is 9.55 Å². The van der Waals surface area contributed by atoms with Crippen LogP contribution < -0.4 is 11.0 Å². The van der Waals surface area contributed by atoms with E-state index in [9.17, 15) is 24.3 Å². The number of anilines is 1. The van der Waals surface area contributed by atoms with Crippen LogP contribution in [0.15, 0.2) is 47.4 Å². The van der Waals surface area contributed by atoms with Crippen LogP contribution in [0.25, 0.3) is 0 Å². The third-order valence-corrected chi connectivity index (χ3v) is 4.38. The van der Waals surface area contributed by atoms with Crippen LogP contribution in [-0.2, 0) is 23.8 Å². The largest absolute Gasteiger partial charge is 0.456 e. The number of aliphatic hydroxyl groups excluding tert-OH is 1. The Kier molecular flexibility index (Phi) is 5.94. The number of esters is 2. The van der Waals surface area contributed by atoms with Gasteiger partial charge in [0.1, 0.15) is 11.9 Å². The first kappa shape index (κ1) is 19.4. The van der Waals surface area contributed by atoms with E-state index in [2.05, 4.69) is 10.3 Å². The second-order valence-electron chi connectivity index (χ2n) is 6.48. The van der Waals surface area contributed by atoms with Crippen molar-refractivity contribution in [3.05, 3.63) is 58.6 Å². The van der Waals surface area contributed by atoms with Crippen molar-refractivity contribution in [2.45, 2.75) is 38.3 Å². The highest BCUT2D eigenvalue weighted by Crippen LogP contribution is 2.33. The molecule has 0 saturated carbocycles. The Labute approximate surface area is 179 Å². The van der Waals surface area contributed by atoms with Crippen LogP contribution in [0, 0.1) is 0 Å². The number of aliphatic hydroxyl groups is 1. The molecular weight excluding hydrogens is 410 g/mol. The summed E-state index contributed by atoms with van der Waals surface area (Å²) in [4.78, 5) is 52.2. The Hall–Kier alpha value is -3.57. The molecular formula is C20H21N3O8. The van der Waals surface area contributed by atoms with Gasteiger partial charge in [-0.2, -0.15) is 4.98 Å². The molecule has 31 heavy (non-hydrogen) atoms. The Balaban J connectivity index is 1.87. The molecule has 0 aliphatic carbocycles. The number of amides is 1. The molecule has 1 aliphatic heterocycles. The highest BCUT2D eigenvalue weighted by Gasteiger charge is 2.50. The number of hydrogen-bond donors (Lipinski definition) is 2. The van der Waals surface area contributed by atoms with Gasteiger partial charge in [0, 0.05) is 28.3 Å². The van der Waals surface area contributed by atoms with Gasteiger partial charge in [-0.05, 0) is 18.2 Å². The van der Waals surface area contributed by atoms with Crippen LogP contribution in [-0.4, -0.2) is 57.4 Å². The van der Waals surface area contributed by atoms with Gasteiger partial charge < -0.3 is 24.6 Å². The number of benzene rings is 1. The van der Waals surface area contributed by atoms with Crippen LogP contribution in [0.4, 0.5) is 5.82 Å². The van der Waals surface area contributed by atoms with Crippen molar-refractivity contribution < 1.29 is 36.4 Å². The number of aromatic nitrogens is 2. The minimum atomic E-state index is -1.39. The average molecular weight is 433 g/mol. The van der Waals surface area contributed by atoms with Gasteiger partial charge in [0.05, 0.1) is 6.61 Å². The predicted octanol–water partition coefficient (Wildman–Crippen LogP) is 0.249. The normalized spacial score (nSPS) is 23.4. The zero-order chi connectivity index (χ0) is 24.0. The number of rotatable bonds is 6. The molecule has 2 heterocycles. The van der Waals surface area contributed by atoms with Gasteiger partial charge >= 0.3 is 17.6 Å². The van der Waals surface area contributed by atoms with Crippen LogP contribution in [0.1, 0.15) is 33.1 Å². The smallest absolute Gasteiger partial charge is 0.351 e. The summed E-state index contributed by atoms with van der Waals surface area (Å²) in [6, 6.07) is 9.58. The minimum absolute atomic E-state index is 0.0429. The fourth-order valence-corrected chi connectivity index (χ4v) is 3.10. The van der Waals surface area contributed by atoms with Gasteiger partial charge in [-0.25, -0.2) is 4.79 Å². The molecule has 0 radical (unpaired) electrons. The van der Waals surface area contributed by atoms with Crippen molar-refractivity contribution in [1.29, 1.82) is 0 Å². The van der Waals surface area contributed by atoms with Crippen molar-refractivity contribution in [2.75, 3.05) is 11.9 Å². The van der Waals surface area contributed by atoms with Crippen molar-refractivity contribution in [3.63, 3.8) is 0 Å². The average Bonchev–Trinajstić information content (AvgIpc) is 3.15. The lowest BCUT2D eigenvalue weighted by atomic mass is 10.1. The van der Waals surface area contributed by atoms with Gasteiger partial charge in [0.15, 0.2) is 18.4 Å². The fraction of sp³-hybridized carbons (Fsp3) is 0.350. The lowest BCUT2D eigenvalue weighted by molar-refractivity contribution is -0.165. The first-order chi connectivity index (χ1) is 15.9. The van der Waals surface area contributed by atoms with E-state index in [1.165, 1.54) is 12.3 Å². The SMILES string of the molecule is [2H]CC(=O)O[C@H]1[C@H](OC(=O)C[2H])C(n2ccc(NC(=O)c3ccccc3)nc2=O)O[C@@H]1CO. The molecule has 1 amide bonds. The second kappa shape index (κ2) is 9.49. The molecule has 11 heteroatoms. The summed E-state index contributed by atoms with van der Waals surface area (Å²) in [6.45, 7) is -2.12. The molecule has 1 aromatic heterocycles. The molecule has 2 N–H and O–H groups in total. The Morgan fingerprint density at radius 1 is 1.16 bits per heavy atom. The summed E-state index contributed by atoms with van der Waals surface area (Å²) in [5, 5.41) is 12.1. The van der Waals surface area contributed by atoms with Gasteiger partial charge in [-0.3, -0.25) is 19.0 Å². The van der Waals surface area contributed by atoms with Crippen LogP contribution in [0.2, 0.25) is 0 Å². The van der Waals surface area contributed by atoms with Gasteiger partial charge in [0.2, 0.25) is 0 Å². The highest BCUT2D eigenvalue weighted by molar-refractivity contribution is 6.03. The van der Waals surface area contributed by atoms with Crippen LogP contribution in [0.3, 0.4) is 0 Å². The predicted molar refractivity (Wildman–Crippen MR) is 105 cm³/mol. The Bertz CT molecular complexity index is 1060. The van der Waals surface area contributed by atoms with E-state index >= 15 is 0 Å². The third-order valence-electron chi connectivity index (χ3n) is 4.38. The molecule has 1 aromatic carbocycles. The molecule has 164 valence electrons. The molecule has 0 spiro atoms. The zero-order valence-corrected chi connectivity index (χ0v) is 16.2. The van der Waals surface area contributed by atoms with E-state index in [1.54, 1.807) is 30.3 Å². The number of hydrogen-bond acceptors (Lipinski definition) is 9. The number of carbonyl (C=O) groups excluding carboxylic acids is 3. The molecule has 1 fully saturated rings. The summed E-state index contributed by atoms with van der Waals surface area (Å²) in [5.41, 5.74) is -0.531. The molecule has 2 aromatic rings. The van der Waals surface area contributed by atoms with E-state index in [0.29, 0.717) is 5.56 Å². The summed E-state index contributed by atoms with van der Waals surface area (Å²) >= 11 is 0. The summed E-state index contributed by atoms with van der Waals surface area (Å²) in [5.74, 6) is -2.47. The monoisotopic (exact) mass is 433 g/mol. The second-order valence-corrected chi connectivity index (χ2v) is 6.48. The molecule has 1 aliphatic rings. The fourth-order valence-electron chi connectivity index (χ4n) is 3.10. The van der Waals surface area contributed by atoms with E-state index in [4.69, 9.17) is 17.0 Å². The standard InChI is InChI=1S/C20H21N3O8/c1-11(25)29-16-14(10-24)31-19(17(16)30-12(2)26)23-9-8-15(22-20(23)28)21-18(27)13-6-4-3-5-7-13/h3-9,14,16-17,19,24H,10H2,1-2H3,(H,21,22,27,28)/t14-,16-,17+,19?/m1/s1/i1D,2D. The van der Waals surface area contributed by atoms with E-state index < -0.39 is 68.5 Å². The van der Waals surface area contributed by atoms with Gasteiger partial charge in [0.25, 0.3) is 5.91 Å². The van der Waals surface area contributed by atoms with Crippen molar-refractivity contribution in [3.8, 4) is 0 Å². The molecule has 1 unspecified atom stereocenters. The maximum Gasteiger partial charge on any atom is 0.351 e. The first-order valence-corrected chi connectivity index (χ1v) is 9.07. The highest BCUT2D eigenvalue weighted by atomic mass is 16.6. The maximum absolute atomic E-state index is 12.7. The van der Waals surface area contributed by atoms with Gasteiger partial charge in [-0.1, -0.05) is 18.2 Å². The molecule has 0 bridgehead atoms. The summed E-state index contributed by atoms with van der Waals surface area (Å²) < 4.78 is 31.1. The van der Waals surface area contributed by atoms with E-state index in [1.807, 2.05) is 0 Å². The number of nitrogens with zero attached hydrogens (tertiary/aromatic N) is 2. The lowest BCUT2D eigenvalue weighted by Crippen LogP contribution is -2.41. The summed E-state index contributed by atoms with van der Waals surface area (Å²) in [7, 11) is 0. The van der Waals surface area contributed by atoms with Gasteiger partial charge in [-0.15, -0.1) is 0 Å². The molecule has 3 rings (SSSR count). The minimum Gasteiger partial charge on any atom is -0.456 e. The van der Waals surface area contributed by atoms with Crippen LogP contribution in [0.5, 0.6) is 0 Å². The zero-order valence-electron chi connectivity index (χ0n) is 18.2. The lowest BCUT2D eigenvalue weighted by Gasteiger charge is -2.23. The van der Waals surface area contributed by atoms with E-state index in [0.717, 1.165) is 4.57 Å². The number of nitrogens with one attached hydrogen (secondary N) is 1. The molecule has 11 nitrogen and oxygen atoms in total. The Morgan fingerprint density at radius 2 is 1.84 bits per heavy atom. The third kappa shape index (κ3) is 5.13. The van der Waals surface area contributed by atoms with Crippen molar-refractivity contribution in [2.24, 2.45) is 0 Å². The quantitative estimate of drug-likeness (QED) is 0.612. The first-order valence-electron chi connectivity index (χ1n) is 10.5. The molecule has 1 saturated heterocycles. The molecule has 4 atom stereocenters. The number of carbonyl (C=O) groups is 3. The van der Waals surface area contributed by atoms with E-state index in [-0.39, 0.29) is 5.82 Å². The number of ether oxygens (including phenoxy) is 3. The Morgan fingerprint density at radius 3 is 2.45 bits per heavy atom. The topological polar surface area (TPSA) is 146 Å².